The molecule has 2 aliphatic carbocycles. The minimum absolute atomic E-state index is 0.241. The molecular weight excluding hydrogens is 150 g/mol. The predicted octanol–water partition coefficient (Wildman–Crippen LogP) is 2.05. The SMILES string of the molecule is N#CC12CCCC1CCC(=O)C2. The van der Waals surface area contributed by atoms with E-state index in [9.17, 15) is 4.79 Å². The highest BCUT2D eigenvalue weighted by atomic mass is 16.1. The van der Waals surface area contributed by atoms with Gasteiger partial charge in [-0.05, 0) is 25.2 Å². The molecule has 2 unspecified atom stereocenters. The minimum Gasteiger partial charge on any atom is -0.300 e. The molecule has 2 fully saturated rings. The van der Waals surface area contributed by atoms with Crippen LogP contribution in [0, 0.1) is 22.7 Å². The summed E-state index contributed by atoms with van der Waals surface area (Å²) in [5, 5.41) is 9.07. The normalized spacial score (nSPS) is 40.6. The second kappa shape index (κ2) is 2.58. The Bertz CT molecular complexity index is 253. The van der Waals surface area contributed by atoms with Gasteiger partial charge in [-0.25, -0.2) is 0 Å². The Balaban J connectivity index is 2.25. The summed E-state index contributed by atoms with van der Waals surface area (Å²) >= 11 is 0. The molecule has 2 aliphatic rings. The van der Waals surface area contributed by atoms with E-state index >= 15 is 0 Å². The van der Waals surface area contributed by atoms with Gasteiger partial charge >= 0.3 is 0 Å². The lowest BCUT2D eigenvalue weighted by molar-refractivity contribution is -0.123. The maximum atomic E-state index is 11.2. The third kappa shape index (κ3) is 0.964. The molecule has 2 nitrogen and oxygen atoms in total. The molecule has 2 rings (SSSR count). The number of hydrogen-bond acceptors (Lipinski definition) is 2. The van der Waals surface area contributed by atoms with E-state index in [1.54, 1.807) is 0 Å². The van der Waals surface area contributed by atoms with Crippen LogP contribution in [0.2, 0.25) is 0 Å². The summed E-state index contributed by atoms with van der Waals surface area (Å²) in [5.74, 6) is 0.829. The smallest absolute Gasteiger partial charge is 0.134 e. The van der Waals surface area contributed by atoms with Crippen molar-refractivity contribution >= 4 is 5.78 Å². The molecule has 0 aliphatic heterocycles. The van der Waals surface area contributed by atoms with E-state index in [1.807, 2.05) is 0 Å². The van der Waals surface area contributed by atoms with Crippen molar-refractivity contribution < 1.29 is 4.79 Å². The Morgan fingerprint density at radius 1 is 1.50 bits per heavy atom. The zero-order chi connectivity index (χ0) is 8.60. The van der Waals surface area contributed by atoms with Crippen molar-refractivity contribution in [3.63, 3.8) is 0 Å². The van der Waals surface area contributed by atoms with Gasteiger partial charge < -0.3 is 0 Å². The summed E-state index contributed by atoms with van der Waals surface area (Å²) in [5.41, 5.74) is -0.241. The third-order valence-corrected chi connectivity index (χ3v) is 3.46. The van der Waals surface area contributed by atoms with Gasteiger partial charge in [0.2, 0.25) is 0 Å². The fourth-order valence-electron chi connectivity index (χ4n) is 2.76. The van der Waals surface area contributed by atoms with Crippen LogP contribution in [-0.4, -0.2) is 5.78 Å². The van der Waals surface area contributed by atoms with Crippen molar-refractivity contribution in [2.75, 3.05) is 0 Å². The molecule has 64 valence electrons. The first-order valence-electron chi connectivity index (χ1n) is 4.70. The van der Waals surface area contributed by atoms with Crippen LogP contribution in [0.15, 0.2) is 0 Å². The summed E-state index contributed by atoms with van der Waals surface area (Å²) in [6, 6.07) is 2.39. The largest absolute Gasteiger partial charge is 0.300 e. The number of nitrogens with zero attached hydrogens (tertiary/aromatic N) is 1. The van der Waals surface area contributed by atoms with E-state index in [1.165, 1.54) is 6.42 Å². The van der Waals surface area contributed by atoms with E-state index in [-0.39, 0.29) is 5.41 Å². The van der Waals surface area contributed by atoms with Crippen molar-refractivity contribution in [1.29, 1.82) is 5.26 Å². The van der Waals surface area contributed by atoms with Crippen molar-refractivity contribution in [2.24, 2.45) is 11.3 Å². The van der Waals surface area contributed by atoms with E-state index in [0.29, 0.717) is 24.5 Å². The molecule has 2 heteroatoms. The molecule has 0 bridgehead atoms. The molecule has 2 saturated carbocycles. The maximum absolute atomic E-state index is 11.2. The maximum Gasteiger partial charge on any atom is 0.134 e. The van der Waals surface area contributed by atoms with Gasteiger partial charge in [0.05, 0.1) is 11.5 Å². The van der Waals surface area contributed by atoms with E-state index in [0.717, 1.165) is 19.3 Å². The number of ketones is 1. The first kappa shape index (κ1) is 7.79. The van der Waals surface area contributed by atoms with Crippen LogP contribution in [-0.2, 0) is 4.79 Å². The van der Waals surface area contributed by atoms with Crippen LogP contribution in [0.5, 0.6) is 0 Å². The summed E-state index contributed by atoms with van der Waals surface area (Å²) in [7, 11) is 0. The molecule has 12 heavy (non-hydrogen) atoms. The first-order valence-corrected chi connectivity index (χ1v) is 4.70. The highest BCUT2D eigenvalue weighted by Crippen LogP contribution is 2.50. The molecule has 0 spiro atoms. The number of Topliss-reactive ketones (excluding diaryl/α,β-unsaturated/α-hetero) is 1. The van der Waals surface area contributed by atoms with E-state index in [4.69, 9.17) is 5.26 Å². The summed E-state index contributed by atoms with van der Waals surface area (Å²) in [6.07, 6.45) is 5.49. The summed E-state index contributed by atoms with van der Waals surface area (Å²) in [4.78, 5) is 11.2. The van der Waals surface area contributed by atoms with Gasteiger partial charge in [-0.15, -0.1) is 0 Å². The Hall–Kier alpha value is -0.840. The van der Waals surface area contributed by atoms with Gasteiger partial charge in [-0.1, -0.05) is 6.42 Å². The van der Waals surface area contributed by atoms with Crippen LogP contribution in [0.3, 0.4) is 0 Å². The van der Waals surface area contributed by atoms with Crippen LogP contribution in [0.25, 0.3) is 0 Å². The van der Waals surface area contributed by atoms with Gasteiger partial charge in [0, 0.05) is 12.8 Å². The van der Waals surface area contributed by atoms with Crippen LogP contribution in [0.4, 0.5) is 0 Å². The van der Waals surface area contributed by atoms with Gasteiger partial charge in [0.25, 0.3) is 0 Å². The number of hydrogen-bond donors (Lipinski definition) is 0. The standard InChI is InChI=1S/C10H13NO/c11-7-10-5-1-2-8(10)3-4-9(12)6-10/h8H,1-6H2. The number of rotatable bonds is 0. The van der Waals surface area contributed by atoms with Gasteiger partial charge in [0.15, 0.2) is 0 Å². The molecule has 2 atom stereocenters. The van der Waals surface area contributed by atoms with Gasteiger partial charge in [0.1, 0.15) is 5.78 Å². The Kier molecular flexibility index (Phi) is 1.68. The number of fused-ring (bicyclic) bond motifs is 1. The molecule has 0 heterocycles. The highest BCUT2D eigenvalue weighted by molar-refractivity contribution is 5.80. The fraction of sp³-hybridized carbons (Fsp3) is 0.800. The average molecular weight is 163 g/mol. The Labute approximate surface area is 72.6 Å². The quantitative estimate of drug-likeness (QED) is 0.548. The Morgan fingerprint density at radius 3 is 3.08 bits per heavy atom. The lowest BCUT2D eigenvalue weighted by atomic mass is 9.69. The van der Waals surface area contributed by atoms with Crippen LogP contribution in [0.1, 0.15) is 38.5 Å². The van der Waals surface area contributed by atoms with Crippen molar-refractivity contribution in [1.82, 2.24) is 0 Å². The lowest BCUT2D eigenvalue weighted by Gasteiger charge is -2.32. The lowest BCUT2D eigenvalue weighted by Crippen LogP contribution is -2.31. The molecule has 0 aromatic heterocycles. The predicted molar refractivity (Wildman–Crippen MR) is 44.2 cm³/mol. The first-order chi connectivity index (χ1) is 5.77. The number of nitriles is 1. The highest BCUT2D eigenvalue weighted by Gasteiger charge is 2.46. The average Bonchev–Trinajstić information content (AvgIpc) is 2.47. The zero-order valence-corrected chi connectivity index (χ0v) is 7.18. The van der Waals surface area contributed by atoms with Gasteiger partial charge in [-0.3, -0.25) is 4.79 Å². The molecule has 0 aromatic rings. The number of carbonyl (C=O) groups is 1. The van der Waals surface area contributed by atoms with Crippen LogP contribution < -0.4 is 0 Å². The molecule has 0 N–H and O–H groups in total. The minimum atomic E-state index is -0.241. The van der Waals surface area contributed by atoms with Gasteiger partial charge in [-0.2, -0.15) is 5.26 Å². The molecule has 0 radical (unpaired) electrons. The fourth-order valence-corrected chi connectivity index (χ4v) is 2.76. The monoisotopic (exact) mass is 163 g/mol. The molecule has 0 aromatic carbocycles. The second-order valence-corrected chi connectivity index (χ2v) is 4.11. The topological polar surface area (TPSA) is 40.9 Å². The van der Waals surface area contributed by atoms with Crippen LogP contribution >= 0.6 is 0 Å². The van der Waals surface area contributed by atoms with Crippen molar-refractivity contribution in [2.45, 2.75) is 38.5 Å². The third-order valence-electron chi connectivity index (χ3n) is 3.46. The van der Waals surface area contributed by atoms with E-state index in [2.05, 4.69) is 6.07 Å². The van der Waals surface area contributed by atoms with Crippen molar-refractivity contribution in [3.8, 4) is 6.07 Å². The zero-order valence-electron chi connectivity index (χ0n) is 7.18. The summed E-state index contributed by atoms with van der Waals surface area (Å²) < 4.78 is 0. The molecular formula is C10H13NO. The molecule has 0 saturated heterocycles. The summed E-state index contributed by atoms with van der Waals surface area (Å²) in [6.45, 7) is 0. The van der Waals surface area contributed by atoms with E-state index < -0.39 is 0 Å². The number of carbonyl (C=O) groups excluding carboxylic acids is 1. The Morgan fingerprint density at radius 2 is 2.33 bits per heavy atom. The molecule has 0 amide bonds. The van der Waals surface area contributed by atoms with Crippen molar-refractivity contribution in [3.05, 3.63) is 0 Å². The second-order valence-electron chi connectivity index (χ2n) is 4.11.